The summed E-state index contributed by atoms with van der Waals surface area (Å²) in [7, 11) is 0. The fraction of sp³-hybridized carbons (Fsp3) is 0.846. The van der Waals surface area contributed by atoms with Crippen molar-refractivity contribution in [1.82, 2.24) is 10.2 Å². The van der Waals surface area contributed by atoms with Crippen LogP contribution in [0.2, 0.25) is 0 Å². The van der Waals surface area contributed by atoms with Crippen LogP contribution in [0.25, 0.3) is 0 Å². The highest BCUT2D eigenvalue weighted by Gasteiger charge is 2.54. The van der Waals surface area contributed by atoms with Gasteiger partial charge in [-0.15, -0.1) is 0 Å². The fourth-order valence-electron chi connectivity index (χ4n) is 3.02. The molecule has 0 bridgehead atoms. The Labute approximate surface area is 107 Å². The normalized spacial score (nSPS) is 26.3. The van der Waals surface area contributed by atoms with Crippen molar-refractivity contribution in [3.05, 3.63) is 0 Å². The van der Waals surface area contributed by atoms with Gasteiger partial charge in [0.05, 0.1) is 6.54 Å². The first kappa shape index (κ1) is 13.3. The van der Waals surface area contributed by atoms with E-state index in [2.05, 4.69) is 5.32 Å². The van der Waals surface area contributed by atoms with E-state index in [1.807, 2.05) is 0 Å². The second kappa shape index (κ2) is 4.52. The Kier molecular flexibility index (Phi) is 3.34. The van der Waals surface area contributed by atoms with Gasteiger partial charge in [0.15, 0.2) is 0 Å². The second-order valence-electron chi connectivity index (χ2n) is 5.80. The number of amides is 2. The number of hydrogen-bond donors (Lipinski definition) is 1. The molecule has 102 valence electrons. The number of alkyl halides is 1. The van der Waals surface area contributed by atoms with Crippen LogP contribution in [0.3, 0.4) is 0 Å². The summed E-state index contributed by atoms with van der Waals surface area (Å²) in [5.74, 6) is -0.276. The van der Waals surface area contributed by atoms with Gasteiger partial charge in [0.2, 0.25) is 11.8 Å². The maximum atomic E-state index is 12.7. The summed E-state index contributed by atoms with van der Waals surface area (Å²) in [4.78, 5) is 26.2. The van der Waals surface area contributed by atoms with Gasteiger partial charge in [-0.25, -0.2) is 4.39 Å². The van der Waals surface area contributed by atoms with E-state index in [4.69, 9.17) is 0 Å². The maximum Gasteiger partial charge on any atom is 0.249 e. The maximum absolute atomic E-state index is 12.7. The smallest absolute Gasteiger partial charge is 0.249 e. The molecule has 1 saturated heterocycles. The van der Waals surface area contributed by atoms with E-state index in [0.29, 0.717) is 12.8 Å². The fourth-order valence-corrected chi connectivity index (χ4v) is 3.02. The third-order valence-corrected chi connectivity index (χ3v) is 4.25. The zero-order valence-electron chi connectivity index (χ0n) is 11.1. The molecule has 0 aromatic carbocycles. The molecule has 1 saturated carbocycles. The average molecular weight is 256 g/mol. The Balaban J connectivity index is 2.31. The van der Waals surface area contributed by atoms with Crippen molar-refractivity contribution >= 4 is 11.8 Å². The highest BCUT2D eigenvalue weighted by atomic mass is 19.1. The quantitative estimate of drug-likeness (QED) is 0.812. The van der Waals surface area contributed by atoms with Gasteiger partial charge in [-0.1, -0.05) is 19.3 Å². The largest absolute Gasteiger partial charge is 0.340 e. The molecule has 5 heteroatoms. The molecule has 4 nitrogen and oxygen atoms in total. The molecule has 1 N–H and O–H groups in total. The molecular weight excluding hydrogens is 235 g/mol. The lowest BCUT2D eigenvalue weighted by Gasteiger charge is -2.51. The number of carbonyl (C=O) groups is 2. The van der Waals surface area contributed by atoms with Crippen molar-refractivity contribution in [2.45, 2.75) is 57.0 Å². The van der Waals surface area contributed by atoms with Gasteiger partial charge in [-0.3, -0.25) is 9.59 Å². The van der Waals surface area contributed by atoms with E-state index >= 15 is 0 Å². The summed E-state index contributed by atoms with van der Waals surface area (Å²) in [6.07, 6.45) is 4.33. The molecule has 1 heterocycles. The summed E-state index contributed by atoms with van der Waals surface area (Å²) in [5.41, 5.74) is -1.72. The Morgan fingerprint density at radius 3 is 2.39 bits per heavy atom. The number of rotatable bonds is 2. The van der Waals surface area contributed by atoms with Gasteiger partial charge in [0, 0.05) is 0 Å². The Hall–Kier alpha value is -1.13. The lowest BCUT2D eigenvalue weighted by Crippen LogP contribution is -2.74. The molecule has 2 rings (SSSR count). The van der Waals surface area contributed by atoms with Crippen molar-refractivity contribution in [3.8, 4) is 0 Å². The van der Waals surface area contributed by atoms with Crippen LogP contribution in [0.15, 0.2) is 0 Å². The number of hydrogen-bond acceptors (Lipinski definition) is 2. The highest BCUT2D eigenvalue weighted by molar-refractivity contribution is 6.01. The first-order valence-electron chi connectivity index (χ1n) is 6.65. The van der Waals surface area contributed by atoms with Crippen LogP contribution in [-0.4, -0.2) is 41.0 Å². The minimum absolute atomic E-state index is 0.000995. The number of halogens is 1. The van der Waals surface area contributed by atoms with Crippen LogP contribution >= 0.6 is 0 Å². The van der Waals surface area contributed by atoms with E-state index in [0.717, 1.165) is 19.3 Å². The molecule has 0 aromatic rings. The van der Waals surface area contributed by atoms with E-state index < -0.39 is 17.8 Å². The van der Waals surface area contributed by atoms with Crippen LogP contribution in [0.5, 0.6) is 0 Å². The van der Waals surface area contributed by atoms with Crippen molar-refractivity contribution in [2.24, 2.45) is 0 Å². The third kappa shape index (κ3) is 1.89. The van der Waals surface area contributed by atoms with Crippen LogP contribution in [0.1, 0.15) is 46.0 Å². The molecule has 2 amide bonds. The molecule has 18 heavy (non-hydrogen) atoms. The molecule has 2 fully saturated rings. The minimum Gasteiger partial charge on any atom is -0.340 e. The average Bonchev–Trinajstić information content (AvgIpc) is 2.34. The molecule has 1 aliphatic heterocycles. The Morgan fingerprint density at radius 1 is 1.22 bits per heavy atom. The molecule has 0 atom stereocenters. The molecule has 1 spiro atoms. The highest BCUT2D eigenvalue weighted by Crippen LogP contribution is 2.35. The van der Waals surface area contributed by atoms with Crippen LogP contribution in [0.4, 0.5) is 4.39 Å². The molecule has 0 unspecified atom stereocenters. The van der Waals surface area contributed by atoms with E-state index in [1.165, 1.54) is 4.90 Å². The SMILES string of the molecule is CC1(C)C(=O)NC2(CCCCC2)C(=O)N1CCF. The molecule has 0 aromatic heterocycles. The standard InChI is InChI=1S/C13H21FN2O2/c1-12(2)10(17)15-13(6-4-3-5-7-13)11(18)16(12)9-8-14/h3-9H2,1-2H3,(H,15,17). The zero-order valence-corrected chi connectivity index (χ0v) is 11.1. The van der Waals surface area contributed by atoms with Gasteiger partial charge in [-0.2, -0.15) is 0 Å². The molecule has 0 radical (unpaired) electrons. The van der Waals surface area contributed by atoms with Gasteiger partial charge in [0.25, 0.3) is 0 Å². The van der Waals surface area contributed by atoms with Crippen LogP contribution < -0.4 is 5.32 Å². The van der Waals surface area contributed by atoms with Crippen LogP contribution in [0, 0.1) is 0 Å². The molecule has 1 aliphatic carbocycles. The van der Waals surface area contributed by atoms with E-state index in [-0.39, 0.29) is 18.4 Å². The van der Waals surface area contributed by atoms with Gasteiger partial charge >= 0.3 is 0 Å². The van der Waals surface area contributed by atoms with Crippen molar-refractivity contribution in [3.63, 3.8) is 0 Å². The van der Waals surface area contributed by atoms with E-state index in [9.17, 15) is 14.0 Å². The predicted octanol–water partition coefficient (Wildman–Crippen LogP) is 1.40. The lowest BCUT2D eigenvalue weighted by molar-refractivity contribution is -0.162. The first-order valence-corrected chi connectivity index (χ1v) is 6.65. The summed E-state index contributed by atoms with van der Waals surface area (Å²) in [5, 5.41) is 2.91. The summed E-state index contributed by atoms with van der Waals surface area (Å²) >= 11 is 0. The number of nitrogens with zero attached hydrogens (tertiary/aromatic N) is 1. The second-order valence-corrected chi connectivity index (χ2v) is 5.80. The molecular formula is C13H21FN2O2. The number of piperazine rings is 1. The topological polar surface area (TPSA) is 49.4 Å². The van der Waals surface area contributed by atoms with Gasteiger partial charge in [-0.05, 0) is 26.7 Å². The third-order valence-electron chi connectivity index (χ3n) is 4.25. The van der Waals surface area contributed by atoms with Crippen molar-refractivity contribution < 1.29 is 14.0 Å². The Bertz CT molecular complexity index is 362. The van der Waals surface area contributed by atoms with Crippen molar-refractivity contribution in [2.75, 3.05) is 13.2 Å². The monoisotopic (exact) mass is 256 g/mol. The van der Waals surface area contributed by atoms with Crippen molar-refractivity contribution in [1.29, 1.82) is 0 Å². The first-order chi connectivity index (χ1) is 8.44. The number of carbonyl (C=O) groups excluding carboxylic acids is 2. The van der Waals surface area contributed by atoms with Gasteiger partial charge in [0.1, 0.15) is 17.8 Å². The molecule has 2 aliphatic rings. The summed E-state index contributed by atoms with van der Waals surface area (Å²) in [6.45, 7) is 2.73. The number of nitrogens with one attached hydrogen (secondary N) is 1. The summed E-state index contributed by atoms with van der Waals surface area (Å²) < 4.78 is 12.7. The predicted molar refractivity (Wildman–Crippen MR) is 65.7 cm³/mol. The Morgan fingerprint density at radius 2 is 1.83 bits per heavy atom. The summed E-state index contributed by atoms with van der Waals surface area (Å²) in [6, 6.07) is 0. The lowest BCUT2D eigenvalue weighted by atomic mass is 9.76. The van der Waals surface area contributed by atoms with Gasteiger partial charge < -0.3 is 10.2 Å². The van der Waals surface area contributed by atoms with E-state index in [1.54, 1.807) is 13.8 Å². The minimum atomic E-state index is -0.953. The zero-order chi connectivity index (χ0) is 13.4. The van der Waals surface area contributed by atoms with Crippen LogP contribution in [-0.2, 0) is 9.59 Å².